The molecule has 1 heterocycles. The molecule has 0 spiro atoms. The summed E-state index contributed by atoms with van der Waals surface area (Å²) in [5.74, 6) is -0.446. The van der Waals surface area contributed by atoms with Gasteiger partial charge in [0.05, 0.1) is 0 Å². The Bertz CT molecular complexity index is 754. The second-order valence-corrected chi connectivity index (χ2v) is 5.82. The van der Waals surface area contributed by atoms with E-state index in [0.717, 1.165) is 22.5 Å². The Morgan fingerprint density at radius 1 is 1.09 bits per heavy atom. The number of carbonyl (C=O) groups excluding carboxylic acids is 1. The largest absolute Gasteiger partial charge is 0.426 e. The highest BCUT2D eigenvalue weighted by molar-refractivity contribution is 9.12. The van der Waals surface area contributed by atoms with Gasteiger partial charge in [0, 0.05) is 18.5 Å². The first-order valence-electron chi connectivity index (χ1n) is 6.95. The minimum atomic E-state index is -0.728. The molecule has 2 aromatic rings. The lowest BCUT2D eigenvalue weighted by Gasteiger charge is -2.14. The Morgan fingerprint density at radius 2 is 1.65 bits per heavy atom. The van der Waals surface area contributed by atoms with E-state index in [9.17, 15) is 4.79 Å². The summed E-state index contributed by atoms with van der Waals surface area (Å²) >= 11 is 3.22. The van der Waals surface area contributed by atoms with Crippen LogP contribution < -0.4 is 11.1 Å². The number of nitrogens with two attached hydrogens (primary N) is 1. The third-order valence-electron chi connectivity index (χ3n) is 3.49. The van der Waals surface area contributed by atoms with Crippen molar-refractivity contribution in [1.29, 1.82) is 0 Å². The molecule has 0 radical (unpaired) electrons. The molecule has 118 valence electrons. The van der Waals surface area contributed by atoms with E-state index in [-0.39, 0.29) is 0 Å². The van der Waals surface area contributed by atoms with Gasteiger partial charge in [0.2, 0.25) is 6.29 Å². The zero-order chi connectivity index (χ0) is 16.4. The SMILES string of the molecule is COC1OC(=O)C(Br)=C1Nc1ccc(-c2ccc(N)cc2)cc1. The monoisotopic (exact) mass is 374 g/mol. The van der Waals surface area contributed by atoms with E-state index < -0.39 is 12.3 Å². The molecule has 2 aromatic carbocycles. The Balaban J connectivity index is 1.80. The fourth-order valence-corrected chi connectivity index (χ4v) is 2.66. The molecule has 0 saturated carbocycles. The first-order chi connectivity index (χ1) is 11.1. The number of methoxy groups -OCH3 is 1. The average Bonchev–Trinajstić information content (AvgIpc) is 2.84. The van der Waals surface area contributed by atoms with Crippen molar-refractivity contribution >= 4 is 33.3 Å². The maximum atomic E-state index is 11.6. The molecule has 5 nitrogen and oxygen atoms in total. The normalized spacial score (nSPS) is 17.3. The van der Waals surface area contributed by atoms with Crippen LogP contribution in [0.15, 0.2) is 58.7 Å². The Labute approximate surface area is 142 Å². The van der Waals surface area contributed by atoms with Crippen LogP contribution in [-0.2, 0) is 14.3 Å². The summed E-state index contributed by atoms with van der Waals surface area (Å²) in [4.78, 5) is 11.6. The number of ether oxygens (including phenoxy) is 2. The average molecular weight is 375 g/mol. The van der Waals surface area contributed by atoms with Gasteiger partial charge in [-0.1, -0.05) is 24.3 Å². The van der Waals surface area contributed by atoms with Crippen molar-refractivity contribution in [2.45, 2.75) is 6.29 Å². The second-order valence-electron chi connectivity index (χ2n) is 5.02. The number of carbonyl (C=O) groups is 1. The standard InChI is InChI=1S/C17H15BrN2O3/c1-22-17-15(14(18)16(21)23-17)20-13-8-4-11(5-9-13)10-2-6-12(19)7-3-10/h2-9,17,20H,19H2,1H3. The van der Waals surface area contributed by atoms with Crippen molar-refractivity contribution < 1.29 is 14.3 Å². The van der Waals surface area contributed by atoms with Crippen LogP contribution in [0, 0.1) is 0 Å². The van der Waals surface area contributed by atoms with Gasteiger partial charge >= 0.3 is 5.97 Å². The van der Waals surface area contributed by atoms with E-state index in [2.05, 4.69) is 21.2 Å². The zero-order valence-corrected chi connectivity index (χ0v) is 14.0. The molecule has 6 heteroatoms. The molecule has 1 atom stereocenters. The maximum absolute atomic E-state index is 11.6. The van der Waals surface area contributed by atoms with Crippen LogP contribution in [-0.4, -0.2) is 19.4 Å². The molecular formula is C17H15BrN2O3. The molecule has 0 bridgehead atoms. The Morgan fingerprint density at radius 3 is 2.22 bits per heavy atom. The maximum Gasteiger partial charge on any atom is 0.349 e. The number of benzene rings is 2. The second kappa shape index (κ2) is 6.44. The van der Waals surface area contributed by atoms with E-state index in [0.29, 0.717) is 10.2 Å². The number of cyclic esters (lactones) is 1. The van der Waals surface area contributed by atoms with Gasteiger partial charge in [-0.05, 0) is 51.3 Å². The van der Waals surface area contributed by atoms with E-state index in [4.69, 9.17) is 15.2 Å². The number of hydrogen-bond donors (Lipinski definition) is 2. The summed E-state index contributed by atoms with van der Waals surface area (Å²) in [5, 5.41) is 3.15. The predicted molar refractivity (Wildman–Crippen MR) is 92.8 cm³/mol. The van der Waals surface area contributed by atoms with E-state index in [1.54, 1.807) is 0 Å². The minimum absolute atomic E-state index is 0.340. The van der Waals surface area contributed by atoms with E-state index in [1.165, 1.54) is 7.11 Å². The lowest BCUT2D eigenvalue weighted by Crippen LogP contribution is -2.18. The molecule has 3 N–H and O–H groups in total. The summed E-state index contributed by atoms with van der Waals surface area (Å²) in [6, 6.07) is 15.5. The summed E-state index contributed by atoms with van der Waals surface area (Å²) in [5.41, 5.74) is 9.98. The van der Waals surface area contributed by atoms with Gasteiger partial charge in [0.1, 0.15) is 10.2 Å². The lowest BCUT2D eigenvalue weighted by molar-refractivity contribution is -0.155. The molecule has 0 amide bonds. The molecule has 0 aromatic heterocycles. The van der Waals surface area contributed by atoms with Crippen molar-refractivity contribution in [3.63, 3.8) is 0 Å². The van der Waals surface area contributed by atoms with E-state index >= 15 is 0 Å². The van der Waals surface area contributed by atoms with Crippen molar-refractivity contribution in [2.24, 2.45) is 0 Å². The number of nitrogen functional groups attached to an aromatic ring is 1. The molecule has 0 fully saturated rings. The highest BCUT2D eigenvalue weighted by Crippen LogP contribution is 2.29. The molecule has 23 heavy (non-hydrogen) atoms. The van der Waals surface area contributed by atoms with Gasteiger partial charge in [-0.15, -0.1) is 0 Å². The topological polar surface area (TPSA) is 73.6 Å². The summed E-state index contributed by atoms with van der Waals surface area (Å²) in [7, 11) is 1.48. The highest BCUT2D eigenvalue weighted by Gasteiger charge is 2.33. The van der Waals surface area contributed by atoms with Crippen LogP contribution in [0.4, 0.5) is 11.4 Å². The van der Waals surface area contributed by atoms with Crippen molar-refractivity contribution in [3.05, 3.63) is 58.7 Å². The van der Waals surface area contributed by atoms with Crippen LogP contribution >= 0.6 is 15.9 Å². The Hall–Kier alpha value is -2.31. The fraction of sp³-hybridized carbons (Fsp3) is 0.118. The molecule has 1 unspecified atom stereocenters. The molecule has 1 aliphatic heterocycles. The predicted octanol–water partition coefficient (Wildman–Crippen LogP) is 3.48. The lowest BCUT2D eigenvalue weighted by atomic mass is 10.1. The van der Waals surface area contributed by atoms with Crippen molar-refractivity contribution in [3.8, 4) is 11.1 Å². The quantitative estimate of drug-likeness (QED) is 0.632. The first kappa shape index (κ1) is 15.6. The number of esters is 1. The van der Waals surface area contributed by atoms with Gasteiger partial charge in [0.25, 0.3) is 0 Å². The molecule has 1 aliphatic rings. The molecule has 0 saturated heterocycles. The molecular weight excluding hydrogens is 360 g/mol. The van der Waals surface area contributed by atoms with Crippen LogP contribution in [0.1, 0.15) is 0 Å². The molecule has 3 rings (SSSR count). The minimum Gasteiger partial charge on any atom is -0.426 e. The molecule has 0 aliphatic carbocycles. The van der Waals surface area contributed by atoms with Crippen LogP contribution in [0.25, 0.3) is 11.1 Å². The van der Waals surface area contributed by atoms with Crippen LogP contribution in [0.5, 0.6) is 0 Å². The third-order valence-corrected chi connectivity index (χ3v) is 4.24. The van der Waals surface area contributed by atoms with Crippen LogP contribution in [0.3, 0.4) is 0 Å². The smallest absolute Gasteiger partial charge is 0.349 e. The van der Waals surface area contributed by atoms with Gasteiger partial charge in [-0.2, -0.15) is 0 Å². The van der Waals surface area contributed by atoms with Gasteiger partial charge in [-0.25, -0.2) is 4.79 Å². The summed E-state index contributed by atoms with van der Waals surface area (Å²) in [6.07, 6.45) is -0.728. The number of rotatable bonds is 4. The number of nitrogens with one attached hydrogen (secondary N) is 1. The summed E-state index contributed by atoms with van der Waals surface area (Å²) < 4.78 is 10.5. The number of halogens is 1. The number of hydrogen-bond acceptors (Lipinski definition) is 5. The summed E-state index contributed by atoms with van der Waals surface area (Å²) in [6.45, 7) is 0. The zero-order valence-electron chi connectivity index (χ0n) is 12.4. The van der Waals surface area contributed by atoms with Gasteiger partial charge in [-0.3, -0.25) is 0 Å². The highest BCUT2D eigenvalue weighted by atomic mass is 79.9. The van der Waals surface area contributed by atoms with Gasteiger partial charge in [0.15, 0.2) is 0 Å². The van der Waals surface area contributed by atoms with E-state index in [1.807, 2.05) is 48.5 Å². The van der Waals surface area contributed by atoms with Gasteiger partial charge < -0.3 is 20.5 Å². The van der Waals surface area contributed by atoms with Crippen LogP contribution in [0.2, 0.25) is 0 Å². The van der Waals surface area contributed by atoms with Crippen molar-refractivity contribution in [1.82, 2.24) is 0 Å². The first-order valence-corrected chi connectivity index (χ1v) is 7.74. The number of anilines is 2. The van der Waals surface area contributed by atoms with Crippen molar-refractivity contribution in [2.75, 3.05) is 18.2 Å². The Kier molecular flexibility index (Phi) is 4.36. The fourth-order valence-electron chi connectivity index (χ4n) is 2.28. The third kappa shape index (κ3) is 3.23.